The predicted molar refractivity (Wildman–Crippen MR) is 58.7 cm³/mol. The normalized spacial score (nSPS) is 43.3. The summed E-state index contributed by atoms with van der Waals surface area (Å²) in [5, 5.41) is 13.7. The highest BCUT2D eigenvalue weighted by molar-refractivity contribution is 7.99. The van der Waals surface area contributed by atoms with Crippen molar-refractivity contribution in [1.29, 1.82) is 0 Å². The lowest BCUT2D eigenvalue weighted by Crippen LogP contribution is -2.48. The van der Waals surface area contributed by atoms with Crippen molar-refractivity contribution in [1.82, 2.24) is 5.32 Å². The molecular formula is C10H19NO2S. The first-order valence-corrected chi connectivity index (χ1v) is 6.51. The second-order valence-corrected chi connectivity index (χ2v) is 5.46. The number of hydrogen-bond donors (Lipinski definition) is 2. The minimum atomic E-state index is -0.632. The fourth-order valence-electron chi connectivity index (χ4n) is 2.02. The Kier molecular flexibility index (Phi) is 3.37. The van der Waals surface area contributed by atoms with Gasteiger partial charge in [-0.3, -0.25) is 0 Å². The van der Waals surface area contributed by atoms with Gasteiger partial charge in [0.1, 0.15) is 5.60 Å². The molecule has 82 valence electrons. The molecule has 0 aromatic rings. The predicted octanol–water partition coefficient (Wildman–Crippen LogP) is 0.621. The van der Waals surface area contributed by atoms with Crippen molar-refractivity contribution in [3.63, 3.8) is 0 Å². The molecule has 0 radical (unpaired) electrons. The van der Waals surface area contributed by atoms with Crippen molar-refractivity contribution in [3.8, 4) is 0 Å². The van der Waals surface area contributed by atoms with Gasteiger partial charge in [-0.05, 0) is 19.1 Å². The lowest BCUT2D eigenvalue weighted by atomic mass is 9.96. The SMILES string of the molecule is CC1OCCC1(O)CNC1CCSC1. The Bertz CT molecular complexity index is 197. The Morgan fingerprint density at radius 2 is 2.50 bits per heavy atom. The largest absolute Gasteiger partial charge is 0.386 e. The van der Waals surface area contributed by atoms with E-state index >= 15 is 0 Å². The second kappa shape index (κ2) is 4.39. The van der Waals surface area contributed by atoms with Gasteiger partial charge >= 0.3 is 0 Å². The Hall–Kier alpha value is 0.230. The molecule has 2 N–H and O–H groups in total. The van der Waals surface area contributed by atoms with Crippen LogP contribution < -0.4 is 5.32 Å². The summed E-state index contributed by atoms with van der Waals surface area (Å²) in [6.07, 6.45) is 1.97. The van der Waals surface area contributed by atoms with E-state index in [2.05, 4.69) is 5.32 Å². The van der Waals surface area contributed by atoms with Crippen molar-refractivity contribution in [2.75, 3.05) is 24.7 Å². The smallest absolute Gasteiger partial charge is 0.105 e. The van der Waals surface area contributed by atoms with Gasteiger partial charge in [0.05, 0.1) is 6.10 Å². The lowest BCUT2D eigenvalue weighted by molar-refractivity contribution is -0.0272. The van der Waals surface area contributed by atoms with Crippen molar-refractivity contribution >= 4 is 11.8 Å². The van der Waals surface area contributed by atoms with Gasteiger partial charge in [-0.25, -0.2) is 0 Å². The molecule has 0 aliphatic carbocycles. The Morgan fingerprint density at radius 3 is 3.07 bits per heavy atom. The molecular weight excluding hydrogens is 198 g/mol. The van der Waals surface area contributed by atoms with Gasteiger partial charge in [-0.15, -0.1) is 0 Å². The number of hydrogen-bond acceptors (Lipinski definition) is 4. The zero-order chi connectivity index (χ0) is 10.0. The van der Waals surface area contributed by atoms with Crippen LogP contribution >= 0.6 is 11.8 Å². The lowest BCUT2D eigenvalue weighted by Gasteiger charge is -2.27. The van der Waals surface area contributed by atoms with Crippen molar-refractivity contribution in [3.05, 3.63) is 0 Å². The van der Waals surface area contributed by atoms with Crippen molar-refractivity contribution in [2.24, 2.45) is 0 Å². The van der Waals surface area contributed by atoms with Crippen LogP contribution in [0.1, 0.15) is 19.8 Å². The van der Waals surface area contributed by atoms with Crippen LogP contribution in [0.25, 0.3) is 0 Å². The molecule has 0 spiro atoms. The van der Waals surface area contributed by atoms with Gasteiger partial charge in [0.2, 0.25) is 0 Å². The molecule has 2 rings (SSSR count). The van der Waals surface area contributed by atoms with Crippen LogP contribution in [0.4, 0.5) is 0 Å². The summed E-state index contributed by atoms with van der Waals surface area (Å²) in [4.78, 5) is 0. The summed E-state index contributed by atoms with van der Waals surface area (Å²) in [5.74, 6) is 2.44. The van der Waals surface area contributed by atoms with Crippen molar-refractivity contribution in [2.45, 2.75) is 37.5 Å². The molecule has 0 saturated carbocycles. The summed E-state index contributed by atoms with van der Waals surface area (Å²) >= 11 is 1.99. The number of thioether (sulfide) groups is 1. The van der Waals surface area contributed by atoms with Gasteiger partial charge in [-0.2, -0.15) is 11.8 Å². The molecule has 3 atom stereocenters. The molecule has 0 aromatic carbocycles. The highest BCUT2D eigenvalue weighted by Crippen LogP contribution is 2.25. The molecule has 3 nitrogen and oxygen atoms in total. The average Bonchev–Trinajstić information content (AvgIpc) is 2.75. The topological polar surface area (TPSA) is 41.5 Å². The van der Waals surface area contributed by atoms with Gasteiger partial charge in [0, 0.05) is 31.4 Å². The summed E-state index contributed by atoms with van der Waals surface area (Å²) in [7, 11) is 0. The van der Waals surface area contributed by atoms with E-state index < -0.39 is 5.60 Å². The first-order chi connectivity index (χ1) is 6.71. The summed E-state index contributed by atoms with van der Waals surface area (Å²) in [6, 6.07) is 0.594. The molecule has 2 heterocycles. The van der Waals surface area contributed by atoms with Crippen LogP contribution in [0.2, 0.25) is 0 Å². The van der Waals surface area contributed by atoms with E-state index in [1.807, 2.05) is 18.7 Å². The first-order valence-electron chi connectivity index (χ1n) is 5.36. The van der Waals surface area contributed by atoms with E-state index in [1.54, 1.807) is 0 Å². The maximum absolute atomic E-state index is 10.2. The molecule has 0 bridgehead atoms. The number of rotatable bonds is 3. The van der Waals surface area contributed by atoms with E-state index in [0.717, 1.165) is 6.42 Å². The molecule has 14 heavy (non-hydrogen) atoms. The molecule has 0 aromatic heterocycles. The number of aliphatic hydroxyl groups is 1. The quantitative estimate of drug-likeness (QED) is 0.727. The molecule has 2 aliphatic rings. The fraction of sp³-hybridized carbons (Fsp3) is 1.00. The van der Waals surface area contributed by atoms with E-state index in [4.69, 9.17) is 4.74 Å². The minimum Gasteiger partial charge on any atom is -0.386 e. The molecule has 4 heteroatoms. The highest BCUT2D eigenvalue weighted by atomic mass is 32.2. The monoisotopic (exact) mass is 217 g/mol. The van der Waals surface area contributed by atoms with E-state index in [1.165, 1.54) is 17.9 Å². The van der Waals surface area contributed by atoms with Gasteiger partial charge in [-0.1, -0.05) is 0 Å². The average molecular weight is 217 g/mol. The zero-order valence-corrected chi connectivity index (χ0v) is 9.48. The highest BCUT2D eigenvalue weighted by Gasteiger charge is 2.39. The Morgan fingerprint density at radius 1 is 1.64 bits per heavy atom. The molecule has 2 aliphatic heterocycles. The molecule has 0 amide bonds. The van der Waals surface area contributed by atoms with Crippen LogP contribution in [0.15, 0.2) is 0 Å². The minimum absolute atomic E-state index is 0.0240. The first kappa shape index (κ1) is 10.7. The maximum atomic E-state index is 10.2. The summed E-state index contributed by atoms with van der Waals surface area (Å²) < 4.78 is 5.39. The van der Waals surface area contributed by atoms with Gasteiger partial charge in [0.15, 0.2) is 0 Å². The fourth-order valence-corrected chi connectivity index (χ4v) is 3.21. The molecule has 2 fully saturated rings. The van der Waals surface area contributed by atoms with E-state index in [0.29, 0.717) is 19.2 Å². The van der Waals surface area contributed by atoms with Crippen LogP contribution in [-0.2, 0) is 4.74 Å². The van der Waals surface area contributed by atoms with Crippen LogP contribution in [0.5, 0.6) is 0 Å². The van der Waals surface area contributed by atoms with Gasteiger partial charge < -0.3 is 15.2 Å². The third-order valence-electron chi connectivity index (χ3n) is 3.29. The van der Waals surface area contributed by atoms with E-state index in [-0.39, 0.29) is 6.10 Å². The second-order valence-electron chi connectivity index (χ2n) is 4.31. The maximum Gasteiger partial charge on any atom is 0.105 e. The number of ether oxygens (including phenoxy) is 1. The molecule has 3 unspecified atom stereocenters. The van der Waals surface area contributed by atoms with E-state index in [9.17, 15) is 5.11 Å². The third-order valence-corrected chi connectivity index (χ3v) is 4.45. The summed E-state index contributed by atoms with van der Waals surface area (Å²) in [5.41, 5.74) is -0.632. The van der Waals surface area contributed by atoms with Crippen molar-refractivity contribution < 1.29 is 9.84 Å². The molecule has 2 saturated heterocycles. The van der Waals surface area contributed by atoms with Crippen LogP contribution in [-0.4, -0.2) is 47.5 Å². The van der Waals surface area contributed by atoms with Crippen LogP contribution in [0.3, 0.4) is 0 Å². The summed E-state index contributed by atoms with van der Waals surface area (Å²) in [6.45, 7) is 3.33. The standard InChI is InChI=1S/C10H19NO2S/c1-8-10(12,3-4-13-8)7-11-9-2-5-14-6-9/h8-9,11-12H,2-7H2,1H3. The third kappa shape index (κ3) is 2.24. The Labute approximate surface area is 89.6 Å². The van der Waals surface area contributed by atoms with Crippen LogP contribution in [0, 0.1) is 0 Å². The Balaban J connectivity index is 1.78. The van der Waals surface area contributed by atoms with Gasteiger partial charge in [0.25, 0.3) is 0 Å². The zero-order valence-electron chi connectivity index (χ0n) is 8.66. The number of nitrogens with one attached hydrogen (secondary N) is 1.